The van der Waals surface area contributed by atoms with Crippen LogP contribution in [-0.2, 0) is 54.5 Å². The van der Waals surface area contributed by atoms with Crippen molar-refractivity contribution in [2.45, 2.75) is 217 Å². The molecule has 3 unspecified atom stereocenters. The van der Waals surface area contributed by atoms with E-state index in [0.29, 0.717) is 89.3 Å². The van der Waals surface area contributed by atoms with Gasteiger partial charge in [0.15, 0.2) is 5.71 Å². The Labute approximate surface area is 554 Å². The number of benzene rings is 3. The summed E-state index contributed by atoms with van der Waals surface area (Å²) in [7, 11) is -4.74. The first-order chi connectivity index (χ1) is 44.7. The smallest absolute Gasteiger partial charge is 0.326 e. The van der Waals surface area contributed by atoms with Crippen LogP contribution in [0.15, 0.2) is 125 Å². The van der Waals surface area contributed by atoms with Crippen molar-refractivity contribution in [1.29, 1.82) is 0 Å². The summed E-state index contributed by atoms with van der Waals surface area (Å²) in [5, 5.41) is 35.9. The standard InChI is InChI=1S/C73H95N5O15S/c1-7-8-46-77-62-35-19-18-33-58(62)72(3,4)64(77)43-38-51-26-24-27-52(67(51)93-56-31-15-10-16-32-56)39-44-65-73(5,6)59-49-57(94(90,91)92)40-42-63(59)78(65)47-23-11-14-29-54(80)28-13-9-12-25-53(68(83)84)48-55(81)30-17-20-36-66(82)74-45-22-21-34-60(69(85)86)75-71(89)76-61(70(87)88)41-37-50(2)79/h1,10,15-16,18-19,31-33,35,38-40,42-44,49,53,60-61H,7-9,11-14,17,20-30,34,36-37,41,45-48H2,2-6H3,(H6-,74,75,76,82,83,84,85,86,87,88,89,90,91,92). The predicted octanol–water partition coefficient (Wildman–Crippen LogP) is 12.3. The lowest BCUT2D eigenvalue weighted by Gasteiger charge is -2.27. The van der Waals surface area contributed by atoms with Crippen LogP contribution in [0.25, 0.3) is 0 Å². The molecule has 3 aromatic carbocycles. The molecule has 20 nitrogen and oxygen atoms in total. The molecule has 3 aromatic rings. The minimum absolute atomic E-state index is 0.0117. The Morgan fingerprint density at radius 3 is 1.99 bits per heavy atom. The number of carbonyl (C=O) groups is 8. The van der Waals surface area contributed by atoms with Gasteiger partial charge in [0, 0.05) is 92.5 Å². The number of Topliss-reactive ketones (excluding diaryl/α,β-unsaturated/α-hetero) is 3. The van der Waals surface area contributed by atoms with Crippen LogP contribution in [0.5, 0.6) is 5.75 Å². The number of fused-ring (bicyclic) bond motifs is 2. The third kappa shape index (κ3) is 22.0. The lowest BCUT2D eigenvalue weighted by Crippen LogP contribution is -2.51. The van der Waals surface area contributed by atoms with Gasteiger partial charge in [-0.15, -0.1) is 0 Å². The van der Waals surface area contributed by atoms with Crippen LogP contribution >= 0.6 is 0 Å². The zero-order valence-electron chi connectivity index (χ0n) is 55.2. The second-order valence-electron chi connectivity index (χ2n) is 25.9. The van der Waals surface area contributed by atoms with Crippen molar-refractivity contribution < 1.29 is 76.0 Å². The molecule has 0 aromatic heterocycles. The number of allylic oxidation sites excluding steroid dienone is 7. The lowest BCUT2D eigenvalue weighted by molar-refractivity contribution is -0.438. The molecule has 2 heterocycles. The van der Waals surface area contributed by atoms with Gasteiger partial charge < -0.3 is 50.3 Å². The molecule has 0 spiro atoms. The summed E-state index contributed by atoms with van der Waals surface area (Å²) in [6, 6.07) is 19.2. The zero-order valence-corrected chi connectivity index (χ0v) is 56.0. The first-order valence-electron chi connectivity index (χ1n) is 33.2. The van der Waals surface area contributed by atoms with Crippen molar-refractivity contribution in [1.82, 2.24) is 16.0 Å². The maximum atomic E-state index is 13.1. The number of aliphatic carboxylic acids is 3. The number of carbonyl (C=O) groups excluding carboxylic acids is 5. The molecule has 6 rings (SSSR count). The summed E-state index contributed by atoms with van der Waals surface area (Å²) in [6.07, 6.45) is 18.9. The molecule has 0 saturated carbocycles. The number of hydrogen-bond acceptors (Lipinski definition) is 13. The molecule has 0 fully saturated rings. The predicted molar refractivity (Wildman–Crippen MR) is 358 cm³/mol. The molecular weight excluding hydrogens is 1220 g/mol. The van der Waals surface area contributed by atoms with Gasteiger partial charge in [-0.05, 0) is 177 Å². The fraction of sp³-hybridized carbons (Fsp3) is 0.507. The van der Waals surface area contributed by atoms with Gasteiger partial charge in [-0.2, -0.15) is 4.58 Å². The number of anilines is 1. The molecule has 3 amide bonds. The van der Waals surface area contributed by atoms with Gasteiger partial charge in [0.25, 0.3) is 0 Å². The Morgan fingerprint density at radius 2 is 1.32 bits per heavy atom. The number of unbranched alkanes of at least 4 members (excludes halogenated alkanes) is 7. The highest BCUT2D eigenvalue weighted by Gasteiger charge is 2.44. The van der Waals surface area contributed by atoms with Gasteiger partial charge in [0.05, 0.1) is 16.2 Å². The fourth-order valence-electron chi connectivity index (χ4n) is 12.6. The minimum atomic E-state index is -4.74. The average Bonchev–Trinajstić information content (AvgIpc) is 1.60. The molecule has 2 radical (unpaired) electrons. The molecule has 21 heteroatoms. The van der Waals surface area contributed by atoms with Gasteiger partial charge in [0.2, 0.25) is 11.6 Å². The Bertz CT molecular complexity index is 3470. The molecule has 94 heavy (non-hydrogen) atoms. The highest BCUT2D eigenvalue weighted by Crippen LogP contribution is 2.49. The number of para-hydroxylation sites is 2. The molecule has 2 aliphatic heterocycles. The number of nitrogens with zero attached hydrogens (tertiary/aromatic N) is 2. The van der Waals surface area contributed by atoms with Gasteiger partial charge in [-0.3, -0.25) is 19.2 Å². The average molecular weight is 1310 g/mol. The lowest BCUT2D eigenvalue weighted by atomic mass is 9.81. The Balaban J connectivity index is 0.958. The van der Waals surface area contributed by atoms with Crippen LogP contribution in [0.4, 0.5) is 16.2 Å². The van der Waals surface area contributed by atoms with E-state index in [9.17, 15) is 66.6 Å². The number of rotatable bonds is 41. The number of carboxylic acids is 3. The second kappa shape index (κ2) is 36.0. The van der Waals surface area contributed by atoms with Crippen molar-refractivity contribution in [3.8, 4) is 5.75 Å². The summed E-state index contributed by atoms with van der Waals surface area (Å²) in [5.41, 5.74) is 7.24. The van der Waals surface area contributed by atoms with Crippen molar-refractivity contribution in [3.05, 3.63) is 138 Å². The Hall–Kier alpha value is -8.04. The zero-order chi connectivity index (χ0) is 68.6. The molecule has 508 valence electrons. The summed E-state index contributed by atoms with van der Waals surface area (Å²) < 4.78 is 46.3. The van der Waals surface area contributed by atoms with E-state index in [1.807, 2.05) is 44.2 Å². The van der Waals surface area contributed by atoms with E-state index in [0.717, 1.165) is 78.9 Å². The van der Waals surface area contributed by atoms with Crippen molar-refractivity contribution in [3.63, 3.8) is 0 Å². The summed E-state index contributed by atoms with van der Waals surface area (Å²) >= 11 is 0. The van der Waals surface area contributed by atoms with E-state index in [-0.39, 0.29) is 78.6 Å². The van der Waals surface area contributed by atoms with E-state index < -0.39 is 57.5 Å². The highest BCUT2D eigenvalue weighted by molar-refractivity contribution is 7.85. The largest absolute Gasteiger partial charge is 0.744 e. The fourth-order valence-corrected chi connectivity index (χ4v) is 13.1. The molecular formula is C73H95N5O15S. The molecule has 3 aliphatic rings. The molecule has 0 saturated heterocycles. The number of carboxylic acid groups (broad SMARTS) is 3. The van der Waals surface area contributed by atoms with Crippen LogP contribution in [0.3, 0.4) is 0 Å². The van der Waals surface area contributed by atoms with Crippen LogP contribution < -0.4 is 25.6 Å². The van der Waals surface area contributed by atoms with E-state index >= 15 is 0 Å². The van der Waals surface area contributed by atoms with Crippen LogP contribution in [0.2, 0.25) is 0 Å². The van der Waals surface area contributed by atoms with E-state index in [4.69, 9.17) is 11.7 Å². The topological polar surface area (TPSA) is 306 Å². The second-order valence-corrected chi connectivity index (χ2v) is 27.2. The summed E-state index contributed by atoms with van der Waals surface area (Å²) in [5.74, 6) is -3.73. The molecule has 6 N–H and O–H groups in total. The third-order valence-electron chi connectivity index (χ3n) is 17.9. The molecule has 1 aliphatic carbocycles. The number of nitrogens with one attached hydrogen (secondary N) is 3. The van der Waals surface area contributed by atoms with E-state index in [2.05, 4.69) is 87.8 Å². The first kappa shape index (κ1) is 75.0. The quantitative estimate of drug-likeness (QED) is 0.0175. The van der Waals surface area contributed by atoms with Crippen LogP contribution in [-0.4, -0.2) is 117 Å². The summed E-state index contributed by atoms with van der Waals surface area (Å²) in [6.45, 7) is 17.5. The number of ether oxygens (including phenoxy) is 1. The van der Waals surface area contributed by atoms with Crippen molar-refractivity contribution in [2.75, 3.05) is 24.5 Å². The number of urea groups is 1. The highest BCUT2D eigenvalue weighted by atomic mass is 32.2. The Morgan fingerprint density at radius 1 is 0.681 bits per heavy atom. The van der Waals surface area contributed by atoms with E-state index in [1.165, 1.54) is 36.0 Å². The van der Waals surface area contributed by atoms with Gasteiger partial charge in [-0.1, -0.05) is 75.6 Å². The monoisotopic (exact) mass is 1310 g/mol. The maximum Gasteiger partial charge on any atom is 0.326 e. The number of ketones is 3. The first-order valence-corrected chi connectivity index (χ1v) is 34.6. The van der Waals surface area contributed by atoms with Gasteiger partial charge >= 0.3 is 23.9 Å². The number of hydrogen-bond donors (Lipinski definition) is 6. The Kier molecular flexibility index (Phi) is 28.7. The SMILES string of the molecule is [CH]CCC[N+]1=C(/C=C/C2=C(Oc3ccccc3)C(=C/C=C3/N(CCCCCC(=O)CCCCCC(CC(=O)CCCCC(=O)NCCCCC(NC(=O)NC(CCC(C)=O)C(=O)O)C(=O)O)C(=O)O)c4ccc(S(=O)(=O)[O-])cc4C3(C)C)/CCC2)C(C)(C)c2ccccc21. The summed E-state index contributed by atoms with van der Waals surface area (Å²) in [4.78, 5) is 99.0. The normalized spacial score (nSPS) is 16.8. The maximum absolute atomic E-state index is 13.1. The number of amides is 3. The van der Waals surface area contributed by atoms with Gasteiger partial charge in [0.1, 0.15) is 57.6 Å². The van der Waals surface area contributed by atoms with Crippen LogP contribution in [0.1, 0.15) is 200 Å². The van der Waals surface area contributed by atoms with Crippen LogP contribution in [0, 0.1) is 12.8 Å². The van der Waals surface area contributed by atoms with Gasteiger partial charge in [-0.25, -0.2) is 22.8 Å². The third-order valence-corrected chi connectivity index (χ3v) is 18.7. The van der Waals surface area contributed by atoms with Crippen molar-refractivity contribution in [2.24, 2.45) is 5.92 Å². The van der Waals surface area contributed by atoms with Crippen molar-refractivity contribution >= 4 is 74.4 Å². The molecule has 0 bridgehead atoms. The minimum Gasteiger partial charge on any atom is -0.744 e. The van der Waals surface area contributed by atoms with E-state index in [1.54, 1.807) is 6.07 Å². The molecule has 3 atom stereocenters.